The van der Waals surface area contributed by atoms with Crippen molar-refractivity contribution in [1.29, 1.82) is 0 Å². The number of ether oxygens (including phenoxy) is 1. The zero-order valence-electron chi connectivity index (χ0n) is 15.5. The van der Waals surface area contributed by atoms with Gasteiger partial charge in [-0.25, -0.2) is 0 Å². The van der Waals surface area contributed by atoms with Gasteiger partial charge in [0.1, 0.15) is 5.75 Å². The summed E-state index contributed by atoms with van der Waals surface area (Å²) in [5, 5.41) is 3.60. The number of rotatable bonds is 6. The summed E-state index contributed by atoms with van der Waals surface area (Å²) in [4.78, 5) is 4.85. The van der Waals surface area contributed by atoms with Gasteiger partial charge in [-0.2, -0.15) is 0 Å². The maximum Gasteiger partial charge on any atom is 0.119 e. The van der Waals surface area contributed by atoms with Crippen molar-refractivity contribution in [2.75, 3.05) is 45.2 Å². The normalized spacial score (nSPS) is 16.7. The number of likely N-dealkylation sites (N-methyl/N-ethyl adjacent to an activating group) is 1. The SMILES string of the molecule is COc1cccc(CNC(C)c2ccc(N3CCN(C)CC3)cc2)c1. The number of anilines is 1. The summed E-state index contributed by atoms with van der Waals surface area (Å²) in [7, 11) is 3.90. The van der Waals surface area contributed by atoms with Gasteiger partial charge in [-0.15, -0.1) is 0 Å². The summed E-state index contributed by atoms with van der Waals surface area (Å²) >= 11 is 0. The average Bonchev–Trinajstić information content (AvgIpc) is 2.67. The molecule has 1 unspecified atom stereocenters. The Balaban J connectivity index is 1.56. The molecular formula is C21H29N3O. The van der Waals surface area contributed by atoms with E-state index in [0.29, 0.717) is 6.04 Å². The molecule has 1 atom stereocenters. The smallest absolute Gasteiger partial charge is 0.119 e. The third-order valence-corrected chi connectivity index (χ3v) is 5.01. The first-order chi connectivity index (χ1) is 12.2. The quantitative estimate of drug-likeness (QED) is 0.874. The van der Waals surface area contributed by atoms with Crippen LogP contribution < -0.4 is 15.0 Å². The molecule has 4 heteroatoms. The molecule has 1 aliphatic rings. The van der Waals surface area contributed by atoms with Crippen LogP contribution in [0.3, 0.4) is 0 Å². The van der Waals surface area contributed by atoms with Crippen LogP contribution in [-0.4, -0.2) is 45.2 Å². The summed E-state index contributed by atoms with van der Waals surface area (Å²) in [6.45, 7) is 7.54. The van der Waals surface area contributed by atoms with Gasteiger partial charge in [-0.05, 0) is 49.4 Å². The summed E-state index contributed by atoms with van der Waals surface area (Å²) in [5.74, 6) is 0.906. The number of methoxy groups -OCH3 is 1. The maximum absolute atomic E-state index is 5.29. The Hall–Kier alpha value is -2.04. The van der Waals surface area contributed by atoms with Crippen molar-refractivity contribution < 1.29 is 4.74 Å². The number of nitrogens with zero attached hydrogens (tertiary/aromatic N) is 2. The standard InChI is InChI=1S/C21H29N3O/c1-17(22-16-18-5-4-6-21(15-18)25-3)19-7-9-20(10-8-19)24-13-11-23(2)12-14-24/h4-10,15,17,22H,11-14,16H2,1-3H3. The van der Waals surface area contributed by atoms with Crippen molar-refractivity contribution in [3.8, 4) is 5.75 Å². The molecule has 0 radical (unpaired) electrons. The third kappa shape index (κ3) is 4.74. The Kier molecular flexibility index (Phi) is 5.95. The third-order valence-electron chi connectivity index (χ3n) is 5.01. The number of nitrogens with one attached hydrogen (secondary N) is 1. The number of hydrogen-bond donors (Lipinski definition) is 1. The van der Waals surface area contributed by atoms with Crippen molar-refractivity contribution >= 4 is 5.69 Å². The monoisotopic (exact) mass is 339 g/mol. The summed E-state index contributed by atoms with van der Waals surface area (Å²) in [6, 6.07) is 17.5. The summed E-state index contributed by atoms with van der Waals surface area (Å²) in [6.07, 6.45) is 0. The van der Waals surface area contributed by atoms with E-state index >= 15 is 0 Å². The van der Waals surface area contributed by atoms with Gasteiger partial charge in [0, 0.05) is 44.5 Å². The highest BCUT2D eigenvalue weighted by molar-refractivity contribution is 5.48. The zero-order valence-corrected chi connectivity index (χ0v) is 15.5. The lowest BCUT2D eigenvalue weighted by atomic mass is 10.1. The van der Waals surface area contributed by atoms with Crippen molar-refractivity contribution in [1.82, 2.24) is 10.2 Å². The molecule has 0 aliphatic carbocycles. The topological polar surface area (TPSA) is 27.7 Å². The second-order valence-corrected chi connectivity index (χ2v) is 6.84. The fraction of sp³-hybridized carbons (Fsp3) is 0.429. The lowest BCUT2D eigenvalue weighted by Gasteiger charge is -2.34. The Morgan fingerprint density at radius 2 is 1.76 bits per heavy atom. The molecule has 0 aromatic heterocycles. The van der Waals surface area contributed by atoms with E-state index in [-0.39, 0.29) is 0 Å². The van der Waals surface area contributed by atoms with Gasteiger partial charge in [-0.1, -0.05) is 24.3 Å². The Labute approximate surface area is 151 Å². The number of benzene rings is 2. The zero-order chi connectivity index (χ0) is 17.6. The van der Waals surface area contributed by atoms with Crippen LogP contribution in [0.4, 0.5) is 5.69 Å². The molecule has 134 valence electrons. The van der Waals surface area contributed by atoms with E-state index in [4.69, 9.17) is 4.74 Å². The molecule has 1 heterocycles. The molecule has 1 fully saturated rings. The lowest BCUT2D eigenvalue weighted by Crippen LogP contribution is -2.44. The van der Waals surface area contributed by atoms with Crippen LogP contribution in [0.1, 0.15) is 24.1 Å². The Morgan fingerprint density at radius 1 is 1.04 bits per heavy atom. The van der Waals surface area contributed by atoms with Gasteiger partial charge in [0.25, 0.3) is 0 Å². The van der Waals surface area contributed by atoms with Crippen LogP contribution in [0.15, 0.2) is 48.5 Å². The van der Waals surface area contributed by atoms with Gasteiger partial charge in [0.05, 0.1) is 7.11 Å². The molecule has 3 rings (SSSR count). The van der Waals surface area contributed by atoms with Crippen LogP contribution in [0, 0.1) is 0 Å². The van der Waals surface area contributed by atoms with Gasteiger partial charge < -0.3 is 19.9 Å². The minimum absolute atomic E-state index is 0.313. The molecule has 4 nitrogen and oxygen atoms in total. The predicted octanol–water partition coefficient (Wildman–Crippen LogP) is 3.30. The molecule has 2 aromatic carbocycles. The van der Waals surface area contributed by atoms with Gasteiger partial charge in [-0.3, -0.25) is 0 Å². The fourth-order valence-electron chi connectivity index (χ4n) is 3.21. The molecular weight excluding hydrogens is 310 g/mol. The first-order valence-corrected chi connectivity index (χ1v) is 9.05. The minimum Gasteiger partial charge on any atom is -0.497 e. The Bertz CT molecular complexity index is 663. The van der Waals surface area contributed by atoms with E-state index in [1.165, 1.54) is 16.8 Å². The Morgan fingerprint density at radius 3 is 2.44 bits per heavy atom. The highest BCUT2D eigenvalue weighted by Gasteiger charge is 2.14. The molecule has 0 saturated carbocycles. The van der Waals surface area contributed by atoms with E-state index < -0.39 is 0 Å². The van der Waals surface area contributed by atoms with Crippen molar-refractivity contribution in [2.45, 2.75) is 19.5 Å². The number of piperazine rings is 1. The largest absolute Gasteiger partial charge is 0.497 e. The van der Waals surface area contributed by atoms with Crippen LogP contribution in [0.2, 0.25) is 0 Å². The first-order valence-electron chi connectivity index (χ1n) is 9.05. The molecule has 2 aromatic rings. The van der Waals surface area contributed by atoms with E-state index in [9.17, 15) is 0 Å². The molecule has 0 spiro atoms. The van der Waals surface area contributed by atoms with Gasteiger partial charge in [0.2, 0.25) is 0 Å². The van der Waals surface area contributed by atoms with E-state index in [1.807, 2.05) is 12.1 Å². The molecule has 1 saturated heterocycles. The van der Waals surface area contributed by atoms with Crippen LogP contribution >= 0.6 is 0 Å². The molecule has 0 amide bonds. The van der Waals surface area contributed by atoms with Crippen molar-refractivity contribution in [3.05, 3.63) is 59.7 Å². The van der Waals surface area contributed by atoms with Crippen LogP contribution in [0.25, 0.3) is 0 Å². The highest BCUT2D eigenvalue weighted by Crippen LogP contribution is 2.21. The summed E-state index contributed by atoms with van der Waals surface area (Å²) in [5.41, 5.74) is 3.89. The van der Waals surface area contributed by atoms with Crippen LogP contribution in [0.5, 0.6) is 5.75 Å². The predicted molar refractivity (Wildman–Crippen MR) is 104 cm³/mol. The average molecular weight is 339 g/mol. The van der Waals surface area contributed by atoms with E-state index in [2.05, 4.69) is 65.5 Å². The first kappa shape index (κ1) is 17.8. The van der Waals surface area contributed by atoms with Gasteiger partial charge in [0.15, 0.2) is 0 Å². The minimum atomic E-state index is 0.313. The second-order valence-electron chi connectivity index (χ2n) is 6.84. The molecule has 25 heavy (non-hydrogen) atoms. The van der Waals surface area contributed by atoms with E-state index in [1.54, 1.807) is 7.11 Å². The van der Waals surface area contributed by atoms with Crippen molar-refractivity contribution in [3.63, 3.8) is 0 Å². The molecule has 0 bridgehead atoms. The van der Waals surface area contributed by atoms with Crippen LogP contribution in [-0.2, 0) is 6.54 Å². The van der Waals surface area contributed by atoms with E-state index in [0.717, 1.165) is 38.5 Å². The summed E-state index contributed by atoms with van der Waals surface area (Å²) < 4.78 is 5.29. The maximum atomic E-state index is 5.29. The fourth-order valence-corrected chi connectivity index (χ4v) is 3.21. The number of hydrogen-bond acceptors (Lipinski definition) is 4. The second kappa shape index (κ2) is 8.37. The highest BCUT2D eigenvalue weighted by atomic mass is 16.5. The van der Waals surface area contributed by atoms with Crippen molar-refractivity contribution in [2.24, 2.45) is 0 Å². The molecule has 1 aliphatic heterocycles. The molecule has 1 N–H and O–H groups in total. The van der Waals surface area contributed by atoms with Gasteiger partial charge >= 0.3 is 0 Å². The lowest BCUT2D eigenvalue weighted by molar-refractivity contribution is 0.313.